The number of aromatic nitrogens is 3. The molecule has 0 radical (unpaired) electrons. The van der Waals surface area contributed by atoms with Crippen LogP contribution < -0.4 is 5.32 Å². The molecule has 2 rings (SSSR count). The number of nitrogens with one attached hydrogen (secondary N) is 1. The standard InChI is InChI=1S/C11H10N4O/c16-11(10-8-12-5-6-14-10)15-7-9-3-1-2-4-13-9/h1-6,8H,7H2,(H,15,16). The Kier molecular flexibility index (Phi) is 3.18. The molecule has 0 bridgehead atoms. The second kappa shape index (κ2) is 4.97. The Morgan fingerprint density at radius 1 is 1.19 bits per heavy atom. The number of hydrogen-bond acceptors (Lipinski definition) is 4. The molecule has 0 fully saturated rings. The van der Waals surface area contributed by atoms with E-state index >= 15 is 0 Å². The van der Waals surface area contributed by atoms with E-state index in [1.807, 2.05) is 18.2 Å². The van der Waals surface area contributed by atoms with Gasteiger partial charge in [0.05, 0.1) is 18.4 Å². The molecule has 0 spiro atoms. The van der Waals surface area contributed by atoms with Gasteiger partial charge in [-0.05, 0) is 12.1 Å². The van der Waals surface area contributed by atoms with Crippen LogP contribution in [0.5, 0.6) is 0 Å². The third kappa shape index (κ3) is 2.60. The van der Waals surface area contributed by atoms with Crippen LogP contribution in [-0.2, 0) is 6.54 Å². The van der Waals surface area contributed by atoms with E-state index in [0.717, 1.165) is 5.69 Å². The lowest BCUT2D eigenvalue weighted by atomic mass is 10.3. The molecule has 0 saturated carbocycles. The Hall–Kier alpha value is -2.30. The van der Waals surface area contributed by atoms with Gasteiger partial charge in [-0.2, -0.15) is 0 Å². The lowest BCUT2D eigenvalue weighted by molar-refractivity contribution is 0.0945. The zero-order valence-electron chi connectivity index (χ0n) is 8.50. The largest absolute Gasteiger partial charge is 0.345 e. The van der Waals surface area contributed by atoms with E-state index in [2.05, 4.69) is 20.3 Å². The Morgan fingerprint density at radius 3 is 2.81 bits per heavy atom. The third-order valence-corrected chi connectivity index (χ3v) is 1.95. The molecule has 0 saturated heterocycles. The fourth-order valence-corrected chi connectivity index (χ4v) is 1.18. The van der Waals surface area contributed by atoms with Crippen LogP contribution in [0.3, 0.4) is 0 Å². The van der Waals surface area contributed by atoms with Gasteiger partial charge in [-0.3, -0.25) is 14.8 Å². The van der Waals surface area contributed by atoms with Crippen molar-refractivity contribution in [1.82, 2.24) is 20.3 Å². The monoisotopic (exact) mass is 214 g/mol. The van der Waals surface area contributed by atoms with Crippen LogP contribution in [-0.4, -0.2) is 20.9 Å². The Balaban J connectivity index is 1.95. The molecule has 16 heavy (non-hydrogen) atoms. The zero-order valence-corrected chi connectivity index (χ0v) is 8.50. The summed E-state index contributed by atoms with van der Waals surface area (Å²) in [5, 5.41) is 2.71. The maximum Gasteiger partial charge on any atom is 0.271 e. The smallest absolute Gasteiger partial charge is 0.271 e. The highest BCUT2D eigenvalue weighted by Crippen LogP contribution is 1.94. The minimum atomic E-state index is -0.251. The number of amides is 1. The Labute approximate surface area is 92.6 Å². The lowest BCUT2D eigenvalue weighted by Gasteiger charge is -2.02. The highest BCUT2D eigenvalue weighted by Gasteiger charge is 2.05. The van der Waals surface area contributed by atoms with Gasteiger partial charge >= 0.3 is 0 Å². The molecule has 2 aromatic heterocycles. The Morgan fingerprint density at radius 2 is 2.12 bits per heavy atom. The molecule has 80 valence electrons. The van der Waals surface area contributed by atoms with Gasteiger partial charge in [0.1, 0.15) is 5.69 Å². The predicted molar refractivity (Wildman–Crippen MR) is 57.4 cm³/mol. The highest BCUT2D eigenvalue weighted by atomic mass is 16.1. The van der Waals surface area contributed by atoms with Gasteiger partial charge in [0.25, 0.3) is 5.91 Å². The molecule has 1 N–H and O–H groups in total. The van der Waals surface area contributed by atoms with Crippen molar-refractivity contribution in [3.05, 3.63) is 54.4 Å². The van der Waals surface area contributed by atoms with E-state index in [0.29, 0.717) is 12.2 Å². The fourth-order valence-electron chi connectivity index (χ4n) is 1.18. The number of rotatable bonds is 3. The maximum atomic E-state index is 11.6. The average molecular weight is 214 g/mol. The zero-order chi connectivity index (χ0) is 11.2. The predicted octanol–water partition coefficient (Wildman–Crippen LogP) is 0.802. The Bertz CT molecular complexity index is 458. The number of nitrogens with zero attached hydrogens (tertiary/aromatic N) is 3. The van der Waals surface area contributed by atoms with Gasteiger partial charge < -0.3 is 5.32 Å². The van der Waals surface area contributed by atoms with Crippen molar-refractivity contribution >= 4 is 5.91 Å². The summed E-state index contributed by atoms with van der Waals surface area (Å²) < 4.78 is 0. The molecule has 5 heteroatoms. The first-order valence-electron chi connectivity index (χ1n) is 4.80. The summed E-state index contributed by atoms with van der Waals surface area (Å²) in [6, 6.07) is 5.54. The highest BCUT2D eigenvalue weighted by molar-refractivity contribution is 5.91. The van der Waals surface area contributed by atoms with E-state index in [4.69, 9.17) is 0 Å². The normalized spacial score (nSPS) is 9.75. The van der Waals surface area contributed by atoms with Gasteiger partial charge in [0.2, 0.25) is 0 Å². The summed E-state index contributed by atoms with van der Waals surface area (Å²) in [7, 11) is 0. The van der Waals surface area contributed by atoms with Crippen molar-refractivity contribution in [3.8, 4) is 0 Å². The molecule has 0 aliphatic heterocycles. The minimum absolute atomic E-state index is 0.251. The van der Waals surface area contributed by atoms with E-state index in [1.165, 1.54) is 18.6 Å². The van der Waals surface area contributed by atoms with Gasteiger partial charge in [-0.15, -0.1) is 0 Å². The number of carbonyl (C=O) groups is 1. The molecule has 0 aromatic carbocycles. The summed E-state index contributed by atoms with van der Waals surface area (Å²) in [5.74, 6) is -0.251. The summed E-state index contributed by atoms with van der Waals surface area (Å²) in [6.45, 7) is 0.385. The molecular weight excluding hydrogens is 204 g/mol. The molecule has 0 aliphatic carbocycles. The van der Waals surface area contributed by atoms with Crippen molar-refractivity contribution in [2.45, 2.75) is 6.54 Å². The molecule has 0 aliphatic rings. The number of hydrogen-bond donors (Lipinski definition) is 1. The van der Waals surface area contributed by atoms with Crippen LogP contribution in [0.2, 0.25) is 0 Å². The van der Waals surface area contributed by atoms with Gasteiger partial charge in [0, 0.05) is 18.6 Å². The van der Waals surface area contributed by atoms with E-state index in [-0.39, 0.29) is 5.91 Å². The SMILES string of the molecule is O=C(NCc1ccccn1)c1cnccn1. The van der Waals surface area contributed by atoms with Gasteiger partial charge in [0.15, 0.2) is 0 Å². The van der Waals surface area contributed by atoms with Crippen LogP contribution in [0.25, 0.3) is 0 Å². The minimum Gasteiger partial charge on any atom is -0.345 e. The summed E-state index contributed by atoms with van der Waals surface area (Å²) in [5.41, 5.74) is 1.11. The molecule has 1 amide bonds. The quantitative estimate of drug-likeness (QED) is 0.820. The number of pyridine rings is 1. The van der Waals surface area contributed by atoms with E-state index < -0.39 is 0 Å². The molecule has 0 unspecified atom stereocenters. The average Bonchev–Trinajstić information content (AvgIpc) is 2.38. The first-order chi connectivity index (χ1) is 7.86. The van der Waals surface area contributed by atoms with Crippen molar-refractivity contribution in [3.63, 3.8) is 0 Å². The van der Waals surface area contributed by atoms with Crippen LogP contribution >= 0.6 is 0 Å². The molecule has 2 heterocycles. The van der Waals surface area contributed by atoms with Crippen molar-refractivity contribution in [2.75, 3.05) is 0 Å². The van der Waals surface area contributed by atoms with E-state index in [9.17, 15) is 4.79 Å². The van der Waals surface area contributed by atoms with Crippen LogP contribution in [0.4, 0.5) is 0 Å². The van der Waals surface area contributed by atoms with Crippen molar-refractivity contribution in [2.24, 2.45) is 0 Å². The van der Waals surface area contributed by atoms with Crippen molar-refractivity contribution < 1.29 is 4.79 Å². The molecular formula is C11H10N4O. The summed E-state index contributed by atoms with van der Waals surface area (Å²) in [6.07, 6.45) is 6.11. The maximum absolute atomic E-state index is 11.6. The molecule has 0 atom stereocenters. The molecule has 5 nitrogen and oxygen atoms in total. The van der Waals surface area contributed by atoms with Gasteiger partial charge in [-0.1, -0.05) is 6.07 Å². The fraction of sp³-hybridized carbons (Fsp3) is 0.0909. The van der Waals surface area contributed by atoms with Crippen LogP contribution in [0, 0.1) is 0 Å². The van der Waals surface area contributed by atoms with Crippen LogP contribution in [0.1, 0.15) is 16.2 Å². The van der Waals surface area contributed by atoms with Crippen molar-refractivity contribution in [1.29, 1.82) is 0 Å². The summed E-state index contributed by atoms with van der Waals surface area (Å²) >= 11 is 0. The molecule has 2 aromatic rings. The second-order valence-corrected chi connectivity index (χ2v) is 3.09. The van der Waals surface area contributed by atoms with Crippen LogP contribution in [0.15, 0.2) is 43.0 Å². The van der Waals surface area contributed by atoms with Gasteiger partial charge in [-0.25, -0.2) is 4.98 Å². The second-order valence-electron chi connectivity index (χ2n) is 3.09. The summed E-state index contributed by atoms with van der Waals surface area (Å²) in [4.78, 5) is 23.4. The first kappa shape index (κ1) is 10.2. The third-order valence-electron chi connectivity index (χ3n) is 1.95. The first-order valence-corrected chi connectivity index (χ1v) is 4.80. The lowest BCUT2D eigenvalue weighted by Crippen LogP contribution is -2.24. The number of carbonyl (C=O) groups excluding carboxylic acids is 1. The van der Waals surface area contributed by atoms with E-state index in [1.54, 1.807) is 6.20 Å². The topological polar surface area (TPSA) is 67.8 Å².